The zero-order valence-electron chi connectivity index (χ0n) is 9.81. The van der Waals surface area contributed by atoms with Gasteiger partial charge in [-0.25, -0.2) is 4.68 Å². The molecule has 0 aliphatic carbocycles. The Balaban J connectivity index is 2.27. The monoisotopic (exact) mass is 263 g/mol. The molecule has 2 rings (SSSR count). The first-order valence-corrected chi connectivity index (χ1v) is 5.10. The number of hydrogen-bond acceptors (Lipinski definition) is 6. The molecule has 1 aromatic heterocycles. The Morgan fingerprint density at radius 1 is 1.42 bits per heavy atom. The van der Waals surface area contributed by atoms with Gasteiger partial charge in [-0.2, -0.15) is 0 Å². The van der Waals surface area contributed by atoms with Crippen molar-refractivity contribution >= 4 is 11.6 Å². The average Bonchev–Trinajstić information content (AvgIpc) is 2.90. The summed E-state index contributed by atoms with van der Waals surface area (Å²) >= 11 is 0. The van der Waals surface area contributed by atoms with Crippen molar-refractivity contribution in [1.82, 2.24) is 14.9 Å². The Bertz CT molecular complexity index is 610. The van der Waals surface area contributed by atoms with Crippen molar-refractivity contribution < 1.29 is 14.5 Å². The van der Waals surface area contributed by atoms with E-state index >= 15 is 0 Å². The van der Waals surface area contributed by atoms with E-state index < -0.39 is 10.8 Å². The van der Waals surface area contributed by atoms with E-state index in [2.05, 4.69) is 15.6 Å². The lowest BCUT2D eigenvalue weighted by molar-refractivity contribution is -0.385. The predicted molar refractivity (Wildman–Crippen MR) is 63.4 cm³/mol. The maximum Gasteiger partial charge on any atom is 0.311 e. The zero-order chi connectivity index (χ0) is 13.8. The van der Waals surface area contributed by atoms with Crippen LogP contribution < -0.4 is 10.2 Å². The van der Waals surface area contributed by atoms with E-state index in [1.807, 2.05) is 0 Å². The average molecular weight is 263 g/mol. The molecule has 9 heteroatoms. The van der Waals surface area contributed by atoms with Gasteiger partial charge in [0, 0.05) is 11.6 Å². The smallest absolute Gasteiger partial charge is 0.311 e. The highest BCUT2D eigenvalue weighted by Gasteiger charge is 2.18. The summed E-state index contributed by atoms with van der Waals surface area (Å²) in [4.78, 5) is 22.1. The summed E-state index contributed by atoms with van der Waals surface area (Å²) in [5, 5.41) is 17.9. The lowest BCUT2D eigenvalue weighted by Gasteiger charge is -2.06. The van der Waals surface area contributed by atoms with E-state index in [0.717, 1.165) is 6.07 Å². The molecule has 0 radical (unpaired) electrons. The molecule has 19 heavy (non-hydrogen) atoms. The molecule has 1 aromatic carbocycles. The number of benzene rings is 1. The van der Waals surface area contributed by atoms with Gasteiger partial charge in [0.25, 0.3) is 5.91 Å². The first-order chi connectivity index (χ1) is 9.11. The summed E-state index contributed by atoms with van der Waals surface area (Å²) in [6.07, 6.45) is 2.58. The van der Waals surface area contributed by atoms with E-state index in [0.29, 0.717) is 0 Å². The molecule has 0 saturated carbocycles. The fraction of sp³-hybridized carbons (Fsp3) is 0.100. The highest BCUT2D eigenvalue weighted by Crippen LogP contribution is 2.27. The van der Waals surface area contributed by atoms with Crippen LogP contribution in [0.5, 0.6) is 5.75 Å². The van der Waals surface area contributed by atoms with Gasteiger partial charge in [0.15, 0.2) is 5.75 Å². The maximum absolute atomic E-state index is 11.8. The normalized spacial score (nSPS) is 9.95. The van der Waals surface area contributed by atoms with Crippen molar-refractivity contribution in [2.45, 2.75) is 0 Å². The fourth-order valence-electron chi connectivity index (χ4n) is 1.41. The molecule has 0 unspecified atom stereocenters. The summed E-state index contributed by atoms with van der Waals surface area (Å²) in [6, 6.07) is 3.92. The standard InChI is InChI=1S/C10H9N5O4/c1-19-9-3-2-7(4-8(9)15(17)18)10(16)13-14-5-11-12-6-14/h2-6H,1H3,(H,13,16). The summed E-state index contributed by atoms with van der Waals surface area (Å²) in [7, 11) is 1.32. The van der Waals surface area contributed by atoms with Crippen LogP contribution >= 0.6 is 0 Å². The minimum absolute atomic E-state index is 0.0887. The van der Waals surface area contributed by atoms with Gasteiger partial charge in [-0.3, -0.25) is 20.3 Å². The first kappa shape index (κ1) is 12.5. The molecule has 0 aliphatic rings. The Morgan fingerprint density at radius 2 is 2.11 bits per heavy atom. The lowest BCUT2D eigenvalue weighted by Crippen LogP contribution is -2.21. The van der Waals surface area contributed by atoms with Gasteiger partial charge in [-0.05, 0) is 12.1 Å². The first-order valence-electron chi connectivity index (χ1n) is 5.10. The second-order valence-electron chi connectivity index (χ2n) is 3.45. The Kier molecular flexibility index (Phi) is 3.37. The minimum Gasteiger partial charge on any atom is -0.490 e. The lowest BCUT2D eigenvalue weighted by atomic mass is 10.2. The van der Waals surface area contributed by atoms with Crippen LogP contribution in [-0.2, 0) is 0 Å². The van der Waals surface area contributed by atoms with Crippen LogP contribution in [0.3, 0.4) is 0 Å². The summed E-state index contributed by atoms with van der Waals surface area (Å²) in [6.45, 7) is 0. The number of aromatic nitrogens is 3. The van der Waals surface area contributed by atoms with Crippen molar-refractivity contribution in [3.63, 3.8) is 0 Å². The van der Waals surface area contributed by atoms with Crippen LogP contribution in [0.2, 0.25) is 0 Å². The number of nitro benzene ring substituents is 1. The number of nitrogens with zero attached hydrogens (tertiary/aromatic N) is 4. The van der Waals surface area contributed by atoms with Gasteiger partial charge in [-0.1, -0.05) is 0 Å². The third-order valence-electron chi connectivity index (χ3n) is 2.29. The molecule has 0 saturated heterocycles. The molecule has 1 heterocycles. The third kappa shape index (κ3) is 2.65. The van der Waals surface area contributed by atoms with Crippen molar-refractivity contribution in [1.29, 1.82) is 0 Å². The number of nitro groups is 1. The van der Waals surface area contributed by atoms with E-state index in [-0.39, 0.29) is 17.0 Å². The van der Waals surface area contributed by atoms with Crippen LogP contribution in [0.25, 0.3) is 0 Å². The van der Waals surface area contributed by atoms with Crippen LogP contribution in [0.4, 0.5) is 5.69 Å². The summed E-state index contributed by atoms with van der Waals surface area (Å²) in [5.74, 6) is -0.434. The van der Waals surface area contributed by atoms with E-state index in [4.69, 9.17) is 4.74 Å². The number of rotatable bonds is 4. The Labute approximate surface area is 106 Å². The van der Waals surface area contributed by atoms with E-state index in [1.54, 1.807) is 0 Å². The molecule has 98 valence electrons. The number of hydrogen-bond donors (Lipinski definition) is 1. The van der Waals surface area contributed by atoms with Gasteiger partial charge in [0.05, 0.1) is 12.0 Å². The van der Waals surface area contributed by atoms with Gasteiger partial charge in [0.1, 0.15) is 12.7 Å². The highest BCUT2D eigenvalue weighted by atomic mass is 16.6. The molecule has 2 aromatic rings. The molecular formula is C10H9N5O4. The van der Waals surface area contributed by atoms with E-state index in [1.165, 1.54) is 36.6 Å². The van der Waals surface area contributed by atoms with Crippen LogP contribution in [0, 0.1) is 10.1 Å². The molecule has 0 bridgehead atoms. The van der Waals surface area contributed by atoms with Crippen LogP contribution in [0.1, 0.15) is 10.4 Å². The molecule has 0 atom stereocenters. The maximum atomic E-state index is 11.8. The minimum atomic E-state index is -0.617. The Hall–Kier alpha value is -2.97. The number of ether oxygens (including phenoxy) is 1. The van der Waals surface area contributed by atoms with Crippen LogP contribution in [0.15, 0.2) is 30.9 Å². The molecule has 1 N–H and O–H groups in total. The quantitative estimate of drug-likeness (QED) is 0.637. The number of carbonyl (C=O) groups is 1. The van der Waals surface area contributed by atoms with Crippen molar-refractivity contribution in [2.24, 2.45) is 0 Å². The molecule has 9 nitrogen and oxygen atoms in total. The SMILES string of the molecule is COc1ccc(C(=O)Nn2cnnc2)cc1[N+](=O)[O-]. The highest BCUT2D eigenvalue weighted by molar-refractivity contribution is 6.00. The van der Waals surface area contributed by atoms with Gasteiger partial charge in [0.2, 0.25) is 0 Å². The zero-order valence-corrected chi connectivity index (χ0v) is 9.81. The molecule has 0 spiro atoms. The Morgan fingerprint density at radius 3 is 2.68 bits per heavy atom. The topological polar surface area (TPSA) is 112 Å². The third-order valence-corrected chi connectivity index (χ3v) is 2.29. The van der Waals surface area contributed by atoms with Crippen molar-refractivity contribution in [3.8, 4) is 5.75 Å². The molecule has 1 amide bonds. The summed E-state index contributed by atoms with van der Waals surface area (Å²) < 4.78 is 6.08. The molecular weight excluding hydrogens is 254 g/mol. The van der Waals surface area contributed by atoms with E-state index in [9.17, 15) is 14.9 Å². The number of methoxy groups -OCH3 is 1. The largest absolute Gasteiger partial charge is 0.490 e. The predicted octanol–water partition coefficient (Wildman–Crippen LogP) is 0.579. The van der Waals surface area contributed by atoms with Gasteiger partial charge in [-0.15, -0.1) is 10.2 Å². The fourth-order valence-corrected chi connectivity index (χ4v) is 1.41. The van der Waals surface area contributed by atoms with Crippen LogP contribution in [-0.4, -0.2) is 32.8 Å². The molecule has 0 aliphatic heterocycles. The van der Waals surface area contributed by atoms with Crippen molar-refractivity contribution in [2.75, 3.05) is 12.5 Å². The van der Waals surface area contributed by atoms with Gasteiger partial charge >= 0.3 is 5.69 Å². The summed E-state index contributed by atoms with van der Waals surface area (Å²) in [5.41, 5.74) is 2.28. The van der Waals surface area contributed by atoms with Gasteiger partial charge < -0.3 is 4.74 Å². The molecule has 0 fully saturated rings. The van der Waals surface area contributed by atoms with Crippen molar-refractivity contribution in [3.05, 3.63) is 46.5 Å². The number of nitrogens with one attached hydrogen (secondary N) is 1. The number of carbonyl (C=O) groups excluding carboxylic acids is 1. The second kappa shape index (κ2) is 5.12. The second-order valence-corrected chi connectivity index (χ2v) is 3.45. The number of amides is 1.